The molecule has 0 saturated carbocycles. The summed E-state index contributed by atoms with van der Waals surface area (Å²) in [7, 11) is -5.45. The van der Waals surface area contributed by atoms with Gasteiger partial charge in [-0.1, -0.05) is 259 Å². The molecule has 10 atom stereocenters. The van der Waals surface area contributed by atoms with E-state index in [1.807, 2.05) is 0 Å². The van der Waals surface area contributed by atoms with Crippen molar-refractivity contribution in [3.05, 3.63) is 0 Å². The fourth-order valence-electron chi connectivity index (χ4n) is 12.1. The predicted octanol–water partition coefficient (Wildman–Crippen LogP) is 12.6. The monoisotopic (exact) mass is 1350 g/mol. The molecule has 2 aliphatic heterocycles. The first-order valence-corrected chi connectivity index (χ1v) is 38.6. The summed E-state index contributed by atoms with van der Waals surface area (Å²) in [6, 6.07) is -2.87. The Balaban J connectivity index is 2.41. The van der Waals surface area contributed by atoms with Crippen LogP contribution in [0.2, 0.25) is 0 Å². The Morgan fingerprint density at radius 1 is 0.398 bits per heavy atom. The van der Waals surface area contributed by atoms with Gasteiger partial charge in [0, 0.05) is 32.3 Å². The predicted molar refractivity (Wildman–Crippen MR) is 360 cm³/mol. The molecule has 0 aliphatic carbocycles. The first-order chi connectivity index (χ1) is 45.0. The molecule has 22 nitrogen and oxygen atoms in total. The van der Waals surface area contributed by atoms with Gasteiger partial charge in [0.25, 0.3) is 0 Å². The molecule has 2 rings (SSSR count). The number of unbranched alkanes of at least 4 members (excludes halogenated alkanes) is 36. The number of hydrogen-bond donors (Lipinski definition) is 8. The first-order valence-electron chi connectivity index (χ1n) is 37.1. The highest BCUT2D eigenvalue weighted by atomic mass is 31.2. The van der Waals surface area contributed by atoms with Gasteiger partial charge in [-0.2, -0.15) is 0 Å². The van der Waals surface area contributed by atoms with E-state index in [1.165, 1.54) is 122 Å². The molecule has 0 bridgehead atoms. The number of aliphatic hydroxyl groups excluding tert-OH is 2. The fraction of sp³-hybridized carbons (Fsp3) is 0.914. The van der Waals surface area contributed by atoms with E-state index in [-0.39, 0.29) is 38.2 Å². The molecule has 544 valence electrons. The van der Waals surface area contributed by atoms with Crippen molar-refractivity contribution in [2.45, 2.75) is 378 Å². The lowest BCUT2D eigenvalue weighted by atomic mass is 9.95. The van der Waals surface area contributed by atoms with Crippen LogP contribution in [0.15, 0.2) is 0 Å². The summed E-state index contributed by atoms with van der Waals surface area (Å²) in [5.41, 5.74) is 0. The normalized spacial score (nSPS) is 21.5. The van der Waals surface area contributed by atoms with E-state index in [9.17, 15) is 53.3 Å². The smallest absolute Gasteiger partial charge is 0.456 e. The molecule has 0 radical (unpaired) electrons. The Morgan fingerprint density at radius 2 is 0.699 bits per heavy atom. The van der Waals surface area contributed by atoms with Gasteiger partial charge >= 0.3 is 19.8 Å². The molecular weight excluding hydrogens is 1220 g/mol. The molecule has 2 saturated heterocycles. The number of ether oxygens (including phenoxy) is 6. The van der Waals surface area contributed by atoms with Crippen LogP contribution >= 0.6 is 7.82 Å². The van der Waals surface area contributed by atoms with E-state index in [2.05, 4.69) is 49.0 Å². The van der Waals surface area contributed by atoms with Crippen molar-refractivity contribution in [3.8, 4) is 0 Å². The van der Waals surface area contributed by atoms with Gasteiger partial charge in [-0.05, 0) is 32.6 Å². The van der Waals surface area contributed by atoms with Crippen molar-refractivity contribution in [1.29, 1.82) is 0 Å². The maximum atomic E-state index is 14.0. The van der Waals surface area contributed by atoms with Crippen LogP contribution < -0.4 is 21.3 Å². The lowest BCUT2D eigenvalue weighted by molar-refractivity contribution is -0.303. The summed E-state index contributed by atoms with van der Waals surface area (Å²) in [5, 5.41) is 33.8. The van der Waals surface area contributed by atoms with E-state index < -0.39 is 125 Å². The minimum atomic E-state index is -5.45. The van der Waals surface area contributed by atoms with Crippen LogP contribution in [-0.2, 0) is 66.3 Å². The van der Waals surface area contributed by atoms with E-state index >= 15 is 0 Å². The van der Waals surface area contributed by atoms with Gasteiger partial charge in [0.1, 0.15) is 49.6 Å². The summed E-state index contributed by atoms with van der Waals surface area (Å²) >= 11 is 0. The van der Waals surface area contributed by atoms with E-state index in [4.69, 9.17) is 32.9 Å². The van der Waals surface area contributed by atoms with Crippen LogP contribution in [0.25, 0.3) is 0 Å². The number of phosphoric acid groups is 1. The molecule has 2 aliphatic rings. The Kier molecular flexibility index (Phi) is 51.3. The highest BCUT2D eigenvalue weighted by molar-refractivity contribution is 7.46. The molecule has 23 heteroatoms. The Bertz CT molecular complexity index is 1990. The highest BCUT2D eigenvalue weighted by Gasteiger charge is 2.54. The third kappa shape index (κ3) is 42.2. The average Bonchev–Trinajstić information content (AvgIpc) is 0.802. The third-order valence-corrected chi connectivity index (χ3v) is 18.1. The van der Waals surface area contributed by atoms with Crippen molar-refractivity contribution in [3.63, 3.8) is 0 Å². The zero-order valence-electron chi connectivity index (χ0n) is 58.4. The van der Waals surface area contributed by atoms with Gasteiger partial charge in [0.15, 0.2) is 24.8 Å². The summed E-state index contributed by atoms with van der Waals surface area (Å²) in [6.45, 7) is 7.68. The number of rotatable bonds is 60. The van der Waals surface area contributed by atoms with Crippen LogP contribution in [0.3, 0.4) is 0 Å². The van der Waals surface area contributed by atoms with Gasteiger partial charge in [-0.3, -0.25) is 33.3 Å². The molecule has 2 heterocycles. The quantitative estimate of drug-likeness (QED) is 0.0159. The second kappa shape index (κ2) is 55.7. The summed E-state index contributed by atoms with van der Waals surface area (Å²) < 4.78 is 54.5. The van der Waals surface area contributed by atoms with Crippen LogP contribution in [-0.4, -0.2) is 150 Å². The standard InChI is InChI=1S/C70H131N4O18P/c1-6-11-15-19-23-27-29-33-37-41-45-49-59(78)73-63-67(90-61(80)51-71-57(76)47-43-39-35-31-25-21-17-13-8-3)65(82)56(89-69(63)86-10-5)54-87-70-64(74-60(79)50-46-42-38-34-30-28-24-20-16-12-7-2)68(66(55(53-75)88-70)92-93(83,84)85)91-62(81)52-72-58(77)48-44-40-36-32-26-22-18-14-9-4/h55-56,63-70,75,82H,6-54H2,1-5H3,(H,71,76)(H,72,77)(H,73,78)(H,74,79)(H2,83,84,85)/t55-,56-,63-,64-,65-,66-,67-,68-,69+,70-/m1/s1. The van der Waals surface area contributed by atoms with Gasteiger partial charge in [0.2, 0.25) is 23.6 Å². The number of phosphoric ester groups is 1. The average molecular weight is 1350 g/mol. The molecule has 93 heavy (non-hydrogen) atoms. The van der Waals surface area contributed by atoms with Crippen molar-refractivity contribution in [2.24, 2.45) is 0 Å². The molecule has 0 unspecified atom stereocenters. The molecule has 0 aromatic carbocycles. The Hall–Kier alpha value is -3.31. The topological polar surface area (TPSA) is 313 Å². The second-order valence-electron chi connectivity index (χ2n) is 26.0. The summed E-state index contributed by atoms with van der Waals surface area (Å²) in [6.07, 6.45) is 29.5. The van der Waals surface area contributed by atoms with Gasteiger partial charge < -0.3 is 69.7 Å². The zero-order valence-corrected chi connectivity index (χ0v) is 59.3. The highest BCUT2D eigenvalue weighted by Crippen LogP contribution is 2.42. The van der Waals surface area contributed by atoms with Crippen molar-refractivity contribution >= 4 is 43.4 Å². The SMILES string of the molecule is CCCCCCCCCCCCCC(=O)N[C@H]1[C@H](OC[C@H]2O[C@H](OCC)[C@H](NC(=O)CCCCCCCCCCCCC)[C@@H](OC(=O)CNC(=O)CCCCCCCCCCC)[C@@H]2O)O[C@H](CO)[C@@H](OP(=O)(O)O)[C@@H]1OC(=O)CNC(=O)CCCCCCCCCCC. The maximum absolute atomic E-state index is 14.0. The lowest BCUT2D eigenvalue weighted by Gasteiger charge is -2.47. The first kappa shape index (κ1) is 85.8. The molecule has 0 spiro atoms. The van der Waals surface area contributed by atoms with E-state index in [0.717, 1.165) is 109 Å². The van der Waals surface area contributed by atoms with Gasteiger partial charge in [0.05, 0.1) is 13.2 Å². The Labute approximate surface area is 560 Å². The summed E-state index contributed by atoms with van der Waals surface area (Å²) in [5.74, 6) is -3.71. The van der Waals surface area contributed by atoms with Crippen molar-refractivity contribution in [2.75, 3.05) is 32.9 Å². The second-order valence-corrected chi connectivity index (χ2v) is 27.2. The van der Waals surface area contributed by atoms with Crippen LogP contribution in [0.4, 0.5) is 0 Å². The minimum Gasteiger partial charge on any atom is -0.456 e. The molecule has 2 fully saturated rings. The van der Waals surface area contributed by atoms with Crippen LogP contribution in [0, 0.1) is 0 Å². The number of amides is 4. The number of aliphatic hydroxyl groups is 2. The summed E-state index contributed by atoms with van der Waals surface area (Å²) in [4.78, 5) is 102. The molecule has 4 amide bonds. The van der Waals surface area contributed by atoms with Gasteiger partial charge in [-0.15, -0.1) is 0 Å². The van der Waals surface area contributed by atoms with E-state index in [1.54, 1.807) is 6.92 Å². The number of esters is 2. The molecule has 0 aromatic heterocycles. The zero-order chi connectivity index (χ0) is 68.2. The number of nitrogens with one attached hydrogen (secondary N) is 4. The largest absolute Gasteiger partial charge is 0.470 e. The molecular formula is C70H131N4O18P. The van der Waals surface area contributed by atoms with Crippen molar-refractivity contribution < 1.29 is 86.3 Å². The minimum absolute atomic E-state index is 0.0110. The third-order valence-electron chi connectivity index (χ3n) is 17.6. The van der Waals surface area contributed by atoms with Crippen LogP contribution in [0.5, 0.6) is 0 Å². The maximum Gasteiger partial charge on any atom is 0.470 e. The van der Waals surface area contributed by atoms with E-state index in [0.29, 0.717) is 25.7 Å². The molecule has 8 N–H and O–H groups in total. The molecule has 0 aromatic rings. The number of carbonyl (C=O) groups is 6. The lowest BCUT2D eigenvalue weighted by Crippen LogP contribution is -2.68. The van der Waals surface area contributed by atoms with Gasteiger partial charge in [-0.25, -0.2) is 4.57 Å². The number of hydrogen-bond acceptors (Lipinski definition) is 16. The Morgan fingerprint density at radius 3 is 1.03 bits per heavy atom. The number of carbonyl (C=O) groups excluding carboxylic acids is 6. The fourth-order valence-corrected chi connectivity index (χ4v) is 12.7. The van der Waals surface area contributed by atoms with Crippen LogP contribution in [0.1, 0.15) is 317 Å². The van der Waals surface area contributed by atoms with Crippen molar-refractivity contribution in [1.82, 2.24) is 21.3 Å².